The second-order valence-electron chi connectivity index (χ2n) is 5.46. The fourth-order valence-corrected chi connectivity index (χ4v) is 2.21. The van der Waals surface area contributed by atoms with Gasteiger partial charge in [-0.25, -0.2) is 4.79 Å². The summed E-state index contributed by atoms with van der Waals surface area (Å²) in [6.45, 7) is 5.31. The van der Waals surface area contributed by atoms with Gasteiger partial charge >= 0.3 is 6.09 Å². The molecule has 24 heavy (non-hydrogen) atoms. The lowest BCUT2D eigenvalue weighted by molar-refractivity contribution is -0.384. The molecule has 2 aromatic rings. The lowest BCUT2D eigenvalue weighted by Gasteiger charge is -2.14. The maximum Gasteiger partial charge on any atom is 0.411 e. The van der Waals surface area contributed by atoms with Crippen molar-refractivity contribution in [3.8, 4) is 5.75 Å². The van der Waals surface area contributed by atoms with Crippen molar-refractivity contribution in [1.29, 1.82) is 0 Å². The molecule has 7 nitrogen and oxygen atoms in total. The smallest absolute Gasteiger partial charge is 0.411 e. The topological polar surface area (TPSA) is 102 Å². The summed E-state index contributed by atoms with van der Waals surface area (Å²) in [6.07, 6.45) is -0.638. The molecule has 1 amide bonds. The summed E-state index contributed by atoms with van der Waals surface area (Å²) in [6, 6.07) is 7.45. The van der Waals surface area contributed by atoms with E-state index in [1.807, 2.05) is 0 Å². The summed E-state index contributed by atoms with van der Waals surface area (Å²) in [5.74, 6) is 0.206. The van der Waals surface area contributed by atoms with Crippen LogP contribution < -0.4 is 5.32 Å². The maximum absolute atomic E-state index is 11.9. The van der Waals surface area contributed by atoms with Crippen LogP contribution in [0.25, 0.3) is 0 Å². The van der Waals surface area contributed by atoms with Crippen LogP contribution in [0.4, 0.5) is 16.2 Å². The number of aromatic hydroxyl groups is 1. The largest absolute Gasteiger partial charge is 0.507 e. The molecule has 0 aliphatic heterocycles. The molecule has 0 aromatic heterocycles. The minimum Gasteiger partial charge on any atom is -0.507 e. The molecule has 7 heteroatoms. The van der Waals surface area contributed by atoms with E-state index in [0.717, 1.165) is 5.56 Å². The predicted octanol–water partition coefficient (Wildman–Crippen LogP) is 3.97. The second kappa shape index (κ2) is 6.99. The van der Waals surface area contributed by atoms with Crippen molar-refractivity contribution < 1.29 is 19.6 Å². The minimum atomic E-state index is -0.638. The number of nitro groups is 1. The Morgan fingerprint density at radius 3 is 2.42 bits per heavy atom. The fraction of sp³-hybridized carbons (Fsp3) is 0.235. The Hall–Kier alpha value is -3.09. The highest BCUT2D eigenvalue weighted by molar-refractivity contribution is 5.86. The van der Waals surface area contributed by atoms with Crippen LogP contribution in [-0.2, 0) is 11.3 Å². The summed E-state index contributed by atoms with van der Waals surface area (Å²) in [5.41, 5.74) is 3.30. The molecular weight excluding hydrogens is 312 g/mol. The number of anilines is 1. The molecule has 0 spiro atoms. The highest BCUT2D eigenvalue weighted by Crippen LogP contribution is 2.30. The average molecular weight is 330 g/mol. The summed E-state index contributed by atoms with van der Waals surface area (Å²) in [5, 5.41) is 23.1. The highest BCUT2D eigenvalue weighted by atomic mass is 16.6. The molecule has 0 aliphatic rings. The zero-order valence-electron chi connectivity index (χ0n) is 13.6. The molecule has 0 bridgehead atoms. The van der Waals surface area contributed by atoms with Crippen molar-refractivity contribution >= 4 is 17.5 Å². The van der Waals surface area contributed by atoms with Crippen LogP contribution >= 0.6 is 0 Å². The third-order valence-electron chi connectivity index (χ3n) is 3.81. The van der Waals surface area contributed by atoms with Gasteiger partial charge in [-0.15, -0.1) is 0 Å². The summed E-state index contributed by atoms with van der Waals surface area (Å²) in [4.78, 5) is 22.0. The number of carbonyl (C=O) groups is 1. The molecule has 0 heterocycles. The molecule has 0 radical (unpaired) electrons. The van der Waals surface area contributed by atoms with Gasteiger partial charge in [0.1, 0.15) is 12.4 Å². The van der Waals surface area contributed by atoms with Gasteiger partial charge < -0.3 is 9.84 Å². The first-order valence-electron chi connectivity index (χ1n) is 7.26. The van der Waals surface area contributed by atoms with Crippen molar-refractivity contribution in [2.75, 3.05) is 5.32 Å². The number of ether oxygens (including phenoxy) is 1. The van der Waals surface area contributed by atoms with Crippen LogP contribution in [0.3, 0.4) is 0 Å². The Balaban J connectivity index is 2.00. The number of hydrogen-bond acceptors (Lipinski definition) is 5. The number of amides is 1. The van der Waals surface area contributed by atoms with Gasteiger partial charge in [-0.05, 0) is 61.2 Å². The number of nitrogens with zero attached hydrogens (tertiary/aromatic N) is 1. The number of benzene rings is 2. The molecule has 2 N–H and O–H groups in total. The van der Waals surface area contributed by atoms with E-state index in [4.69, 9.17) is 4.74 Å². The number of rotatable bonds is 4. The van der Waals surface area contributed by atoms with E-state index >= 15 is 0 Å². The van der Waals surface area contributed by atoms with Crippen LogP contribution in [0.1, 0.15) is 22.3 Å². The first-order valence-corrected chi connectivity index (χ1v) is 7.26. The number of nitro benzene ring substituents is 1. The minimum absolute atomic E-state index is 0.00107. The first-order chi connectivity index (χ1) is 11.3. The number of hydrogen-bond donors (Lipinski definition) is 2. The van der Waals surface area contributed by atoms with Crippen molar-refractivity contribution in [3.05, 3.63) is 62.7 Å². The first kappa shape index (κ1) is 17.3. The van der Waals surface area contributed by atoms with Gasteiger partial charge in [-0.1, -0.05) is 0 Å². The van der Waals surface area contributed by atoms with E-state index in [-0.39, 0.29) is 18.0 Å². The maximum atomic E-state index is 11.9. The molecule has 0 saturated carbocycles. The second-order valence-corrected chi connectivity index (χ2v) is 5.46. The highest BCUT2D eigenvalue weighted by Gasteiger charge is 2.12. The molecule has 0 saturated heterocycles. The van der Waals surface area contributed by atoms with E-state index in [0.29, 0.717) is 22.4 Å². The van der Waals surface area contributed by atoms with Gasteiger partial charge in [0, 0.05) is 17.8 Å². The van der Waals surface area contributed by atoms with E-state index in [1.165, 1.54) is 24.3 Å². The normalized spacial score (nSPS) is 10.3. The van der Waals surface area contributed by atoms with Gasteiger partial charge in [0.25, 0.3) is 5.69 Å². The molecule has 0 atom stereocenters. The molecule has 0 fully saturated rings. The summed E-state index contributed by atoms with van der Waals surface area (Å²) >= 11 is 0. The number of non-ortho nitro benzene ring substituents is 1. The van der Waals surface area contributed by atoms with Crippen LogP contribution in [0.15, 0.2) is 30.3 Å². The number of aryl methyl sites for hydroxylation is 1. The van der Waals surface area contributed by atoms with Crippen LogP contribution in [0.2, 0.25) is 0 Å². The zero-order valence-corrected chi connectivity index (χ0v) is 13.6. The monoisotopic (exact) mass is 330 g/mol. The fourth-order valence-electron chi connectivity index (χ4n) is 2.21. The van der Waals surface area contributed by atoms with E-state index in [9.17, 15) is 20.0 Å². The summed E-state index contributed by atoms with van der Waals surface area (Å²) < 4.78 is 5.11. The number of nitrogens with one attached hydrogen (secondary N) is 1. The number of phenolic OH excluding ortho intramolecular Hbond substituents is 1. The van der Waals surface area contributed by atoms with Crippen molar-refractivity contribution in [2.45, 2.75) is 27.4 Å². The van der Waals surface area contributed by atoms with Gasteiger partial charge in [0.2, 0.25) is 0 Å². The predicted molar refractivity (Wildman–Crippen MR) is 89.2 cm³/mol. The Bertz CT molecular complexity index is 785. The average Bonchev–Trinajstić information content (AvgIpc) is 2.56. The molecule has 126 valence electrons. The lowest BCUT2D eigenvalue weighted by atomic mass is 10.0. The standard InChI is InChI=1S/C17H18N2O5/c1-10-8-15(11(2)12(3)16(10)20)18-17(21)24-9-13-4-6-14(7-5-13)19(22)23/h4-8,20H,9H2,1-3H3,(H,18,21). The summed E-state index contributed by atoms with van der Waals surface area (Å²) in [7, 11) is 0. The van der Waals surface area contributed by atoms with Crippen molar-refractivity contribution in [3.63, 3.8) is 0 Å². The Labute approximate surface area is 139 Å². The van der Waals surface area contributed by atoms with E-state index in [1.54, 1.807) is 26.8 Å². The molecular formula is C17H18N2O5. The third-order valence-corrected chi connectivity index (χ3v) is 3.81. The van der Waals surface area contributed by atoms with E-state index < -0.39 is 11.0 Å². The van der Waals surface area contributed by atoms with Crippen molar-refractivity contribution in [1.82, 2.24) is 0 Å². The molecule has 2 rings (SSSR count). The van der Waals surface area contributed by atoms with Crippen LogP contribution in [-0.4, -0.2) is 16.1 Å². The van der Waals surface area contributed by atoms with Gasteiger partial charge in [0.15, 0.2) is 0 Å². The third kappa shape index (κ3) is 3.81. The Kier molecular flexibility index (Phi) is 5.03. The molecule has 0 aliphatic carbocycles. The zero-order chi connectivity index (χ0) is 17.9. The molecule has 2 aromatic carbocycles. The van der Waals surface area contributed by atoms with Gasteiger partial charge in [-0.2, -0.15) is 0 Å². The Morgan fingerprint density at radius 2 is 1.83 bits per heavy atom. The lowest BCUT2D eigenvalue weighted by Crippen LogP contribution is -2.14. The Morgan fingerprint density at radius 1 is 1.21 bits per heavy atom. The van der Waals surface area contributed by atoms with E-state index in [2.05, 4.69) is 5.32 Å². The van der Waals surface area contributed by atoms with Gasteiger partial charge in [-0.3, -0.25) is 15.4 Å². The molecule has 0 unspecified atom stereocenters. The van der Waals surface area contributed by atoms with Crippen LogP contribution in [0, 0.1) is 30.9 Å². The quantitative estimate of drug-likeness (QED) is 0.501. The SMILES string of the molecule is Cc1cc(NC(=O)OCc2ccc([N+](=O)[O-])cc2)c(C)c(C)c1O. The number of carbonyl (C=O) groups excluding carboxylic acids is 1. The van der Waals surface area contributed by atoms with Crippen LogP contribution in [0.5, 0.6) is 5.75 Å². The van der Waals surface area contributed by atoms with Crippen molar-refractivity contribution in [2.24, 2.45) is 0 Å². The number of phenols is 1. The van der Waals surface area contributed by atoms with Gasteiger partial charge in [0.05, 0.1) is 4.92 Å².